The molecule has 1 saturated heterocycles. The third-order valence-electron chi connectivity index (χ3n) is 3.48. The number of benzene rings is 1. The molecular weight excluding hydrogens is 340 g/mol. The van der Waals surface area contributed by atoms with E-state index in [0.717, 1.165) is 24.3 Å². The van der Waals surface area contributed by atoms with Gasteiger partial charge in [-0.05, 0) is 30.5 Å². The van der Waals surface area contributed by atoms with E-state index in [-0.39, 0.29) is 30.6 Å². The van der Waals surface area contributed by atoms with E-state index in [0.29, 0.717) is 12.8 Å². The first-order valence-corrected chi connectivity index (χ1v) is 6.79. The van der Waals surface area contributed by atoms with Crippen molar-refractivity contribution in [3.8, 4) is 0 Å². The van der Waals surface area contributed by atoms with E-state index < -0.39 is 30.0 Å². The lowest BCUT2D eigenvalue weighted by atomic mass is 10.1. The number of carbonyl (C=O) groups is 1. The molecule has 23 heavy (non-hydrogen) atoms. The Kier molecular flexibility index (Phi) is 6.79. The highest BCUT2D eigenvalue weighted by Gasteiger charge is 2.43. The molecular formula is C14H17ClF4N2O2. The Morgan fingerprint density at radius 3 is 2.39 bits per heavy atom. The number of ether oxygens (including phenoxy) is 1. The first-order chi connectivity index (χ1) is 10.3. The summed E-state index contributed by atoms with van der Waals surface area (Å²) in [6, 6.07) is 1.60. The van der Waals surface area contributed by atoms with Crippen LogP contribution in [0.4, 0.5) is 17.6 Å². The molecule has 0 bridgehead atoms. The predicted molar refractivity (Wildman–Crippen MR) is 77.5 cm³/mol. The van der Waals surface area contributed by atoms with Crippen molar-refractivity contribution in [1.29, 1.82) is 0 Å². The van der Waals surface area contributed by atoms with Crippen molar-refractivity contribution in [3.05, 3.63) is 35.6 Å². The third kappa shape index (κ3) is 5.05. The predicted octanol–water partition coefficient (Wildman–Crippen LogP) is 2.47. The fourth-order valence-electron chi connectivity index (χ4n) is 2.32. The first-order valence-electron chi connectivity index (χ1n) is 6.79. The molecule has 1 amide bonds. The van der Waals surface area contributed by atoms with Crippen molar-refractivity contribution < 1.29 is 27.1 Å². The highest BCUT2D eigenvalue weighted by Crippen LogP contribution is 2.33. The van der Waals surface area contributed by atoms with Gasteiger partial charge in [-0.3, -0.25) is 4.79 Å². The molecule has 1 heterocycles. The lowest BCUT2D eigenvalue weighted by Gasteiger charge is -2.23. The largest absolute Gasteiger partial charge is 0.412 e. The summed E-state index contributed by atoms with van der Waals surface area (Å²) in [6.45, 7) is 0.213. The van der Waals surface area contributed by atoms with Crippen molar-refractivity contribution in [2.45, 2.75) is 37.3 Å². The maximum atomic E-state index is 13.1. The van der Waals surface area contributed by atoms with E-state index in [9.17, 15) is 22.4 Å². The van der Waals surface area contributed by atoms with E-state index in [1.165, 1.54) is 0 Å². The molecule has 1 aromatic rings. The summed E-state index contributed by atoms with van der Waals surface area (Å²) in [6.07, 6.45) is -5.10. The van der Waals surface area contributed by atoms with E-state index >= 15 is 0 Å². The molecule has 1 aromatic carbocycles. The summed E-state index contributed by atoms with van der Waals surface area (Å²) < 4.78 is 57.5. The average molecular weight is 357 g/mol. The summed E-state index contributed by atoms with van der Waals surface area (Å²) in [7, 11) is 0. The van der Waals surface area contributed by atoms with Gasteiger partial charge in [0.15, 0.2) is 6.04 Å². The molecule has 3 N–H and O–H groups in total. The lowest BCUT2D eigenvalue weighted by Crippen LogP contribution is -2.43. The second kappa shape index (κ2) is 7.94. The average Bonchev–Trinajstić information content (AvgIpc) is 2.93. The van der Waals surface area contributed by atoms with E-state index in [4.69, 9.17) is 10.5 Å². The van der Waals surface area contributed by atoms with Gasteiger partial charge < -0.3 is 15.8 Å². The monoisotopic (exact) mass is 356 g/mol. The van der Waals surface area contributed by atoms with Crippen LogP contribution in [0.5, 0.6) is 0 Å². The number of nitrogens with two attached hydrogens (primary N) is 1. The maximum Gasteiger partial charge on any atom is 0.412 e. The van der Waals surface area contributed by atoms with Gasteiger partial charge in [-0.15, -0.1) is 12.4 Å². The van der Waals surface area contributed by atoms with Gasteiger partial charge >= 0.3 is 6.18 Å². The van der Waals surface area contributed by atoms with Gasteiger partial charge in [-0.2, -0.15) is 13.2 Å². The standard InChI is InChI=1S/C14H16F4N2O2.ClH/c15-9-3-1-8(2-4-9)12(14(16,17)18)20-13(21)11-6-5-10(7-19)22-11;/h1-4,10-12H,5-7,19H2,(H,20,21);1H/t10-,11+,12?;/m1./s1. The van der Waals surface area contributed by atoms with Crippen LogP contribution in [0.3, 0.4) is 0 Å². The zero-order chi connectivity index (χ0) is 16.3. The second-order valence-corrected chi connectivity index (χ2v) is 5.09. The zero-order valence-corrected chi connectivity index (χ0v) is 12.8. The lowest BCUT2D eigenvalue weighted by molar-refractivity contribution is -0.166. The van der Waals surface area contributed by atoms with Crippen LogP contribution in [0.2, 0.25) is 0 Å². The van der Waals surface area contributed by atoms with Crippen LogP contribution in [-0.2, 0) is 9.53 Å². The molecule has 0 saturated carbocycles. The molecule has 9 heteroatoms. The molecule has 0 aliphatic carbocycles. The number of hydrogen-bond acceptors (Lipinski definition) is 3. The number of halogens is 5. The Morgan fingerprint density at radius 1 is 1.30 bits per heavy atom. The molecule has 3 atom stereocenters. The Morgan fingerprint density at radius 2 is 1.91 bits per heavy atom. The van der Waals surface area contributed by atoms with Gasteiger partial charge in [0.25, 0.3) is 0 Å². The van der Waals surface area contributed by atoms with Crippen LogP contribution in [0.25, 0.3) is 0 Å². The molecule has 0 aromatic heterocycles. The van der Waals surface area contributed by atoms with Gasteiger partial charge in [-0.1, -0.05) is 12.1 Å². The third-order valence-corrected chi connectivity index (χ3v) is 3.48. The normalized spacial score (nSPS) is 22.3. The van der Waals surface area contributed by atoms with Gasteiger partial charge in [0.1, 0.15) is 11.9 Å². The number of nitrogens with one attached hydrogen (secondary N) is 1. The molecule has 0 spiro atoms. The fraction of sp³-hybridized carbons (Fsp3) is 0.500. The molecule has 2 rings (SSSR count). The Bertz CT molecular complexity index is 525. The highest BCUT2D eigenvalue weighted by atomic mass is 35.5. The molecule has 0 radical (unpaired) electrons. The zero-order valence-electron chi connectivity index (χ0n) is 12.0. The van der Waals surface area contributed by atoms with Crippen LogP contribution in [-0.4, -0.2) is 30.8 Å². The van der Waals surface area contributed by atoms with Crippen molar-refractivity contribution in [2.24, 2.45) is 5.73 Å². The maximum absolute atomic E-state index is 13.1. The van der Waals surface area contributed by atoms with Crippen molar-refractivity contribution in [3.63, 3.8) is 0 Å². The van der Waals surface area contributed by atoms with Crippen LogP contribution in [0.1, 0.15) is 24.4 Å². The quantitative estimate of drug-likeness (QED) is 0.815. The molecule has 1 aliphatic heterocycles. The number of rotatable bonds is 4. The Labute approximate surface area is 136 Å². The van der Waals surface area contributed by atoms with Crippen molar-refractivity contribution in [2.75, 3.05) is 6.54 Å². The van der Waals surface area contributed by atoms with Gasteiger partial charge in [-0.25, -0.2) is 4.39 Å². The Hall–Kier alpha value is -1.38. The van der Waals surface area contributed by atoms with Crippen LogP contribution >= 0.6 is 12.4 Å². The molecule has 1 unspecified atom stereocenters. The molecule has 1 aliphatic rings. The molecule has 4 nitrogen and oxygen atoms in total. The van der Waals surface area contributed by atoms with Crippen molar-refractivity contribution in [1.82, 2.24) is 5.32 Å². The van der Waals surface area contributed by atoms with E-state index in [2.05, 4.69) is 0 Å². The van der Waals surface area contributed by atoms with E-state index in [1.54, 1.807) is 0 Å². The van der Waals surface area contributed by atoms with Gasteiger partial charge in [0.05, 0.1) is 6.10 Å². The first kappa shape index (κ1) is 19.7. The van der Waals surface area contributed by atoms with Gasteiger partial charge in [0.2, 0.25) is 5.91 Å². The summed E-state index contributed by atoms with van der Waals surface area (Å²) in [4.78, 5) is 12.0. The highest BCUT2D eigenvalue weighted by molar-refractivity contribution is 5.85. The summed E-state index contributed by atoms with van der Waals surface area (Å²) >= 11 is 0. The van der Waals surface area contributed by atoms with Crippen LogP contribution < -0.4 is 11.1 Å². The van der Waals surface area contributed by atoms with Crippen LogP contribution in [0, 0.1) is 5.82 Å². The molecule has 1 fully saturated rings. The number of alkyl halides is 3. The summed E-state index contributed by atoms with van der Waals surface area (Å²) in [5.74, 6) is -1.50. The number of amides is 1. The second-order valence-electron chi connectivity index (χ2n) is 5.09. The number of hydrogen-bond donors (Lipinski definition) is 2. The van der Waals surface area contributed by atoms with E-state index in [1.807, 2.05) is 5.32 Å². The van der Waals surface area contributed by atoms with Crippen LogP contribution in [0.15, 0.2) is 24.3 Å². The van der Waals surface area contributed by atoms with Crippen molar-refractivity contribution >= 4 is 18.3 Å². The fourth-order valence-corrected chi connectivity index (χ4v) is 2.32. The molecule has 130 valence electrons. The minimum absolute atomic E-state index is 0. The smallest absolute Gasteiger partial charge is 0.364 e. The topological polar surface area (TPSA) is 64.4 Å². The van der Waals surface area contributed by atoms with Gasteiger partial charge in [0, 0.05) is 6.54 Å². The SMILES string of the molecule is Cl.NC[C@H]1CC[C@@H](C(=O)NC(c2ccc(F)cc2)C(F)(F)F)O1. The number of carbonyl (C=O) groups excluding carboxylic acids is 1. The minimum Gasteiger partial charge on any atom is -0.364 e. The minimum atomic E-state index is -4.70. The summed E-state index contributed by atoms with van der Waals surface area (Å²) in [5.41, 5.74) is 5.16. The summed E-state index contributed by atoms with van der Waals surface area (Å²) in [5, 5.41) is 1.93. The Balaban J connectivity index is 0.00000264.